The molecule has 0 N–H and O–H groups in total. The van der Waals surface area contributed by atoms with Crippen molar-refractivity contribution < 1.29 is 14.3 Å². The molecule has 188 valence electrons. The third-order valence-electron chi connectivity index (χ3n) is 7.05. The molecule has 0 saturated heterocycles. The minimum absolute atomic E-state index is 0.141. The SMILES string of the molecule is CCC1=NN(c2ccccc2)C(=O)C1C(c1cccc(OC)c1)C1C(=O)N(c2ccccc2)N=C1CC. The summed E-state index contributed by atoms with van der Waals surface area (Å²) in [4.78, 5) is 28.1. The Morgan fingerprint density at radius 2 is 1.22 bits per heavy atom. The van der Waals surface area contributed by atoms with E-state index in [4.69, 9.17) is 14.9 Å². The quantitative estimate of drug-likeness (QED) is 0.407. The van der Waals surface area contributed by atoms with Gasteiger partial charge < -0.3 is 4.74 Å². The van der Waals surface area contributed by atoms with Gasteiger partial charge in [0.2, 0.25) is 0 Å². The molecule has 0 saturated carbocycles. The van der Waals surface area contributed by atoms with Crippen LogP contribution < -0.4 is 14.8 Å². The van der Waals surface area contributed by atoms with E-state index in [1.165, 1.54) is 10.0 Å². The zero-order valence-corrected chi connectivity index (χ0v) is 21.2. The topological polar surface area (TPSA) is 74.6 Å². The molecule has 3 aromatic rings. The van der Waals surface area contributed by atoms with Crippen molar-refractivity contribution in [2.75, 3.05) is 17.1 Å². The molecule has 2 amide bonds. The van der Waals surface area contributed by atoms with Crippen LogP contribution in [-0.2, 0) is 9.59 Å². The van der Waals surface area contributed by atoms with Crippen molar-refractivity contribution in [3.05, 3.63) is 90.5 Å². The third-order valence-corrected chi connectivity index (χ3v) is 7.05. The number of para-hydroxylation sites is 2. The minimum Gasteiger partial charge on any atom is -0.497 e. The molecule has 2 heterocycles. The van der Waals surface area contributed by atoms with Gasteiger partial charge in [-0.05, 0) is 54.8 Å². The summed E-state index contributed by atoms with van der Waals surface area (Å²) in [5.74, 6) is -1.33. The fourth-order valence-corrected chi connectivity index (χ4v) is 5.27. The number of rotatable bonds is 8. The van der Waals surface area contributed by atoms with Gasteiger partial charge in [-0.2, -0.15) is 10.2 Å². The highest BCUT2D eigenvalue weighted by molar-refractivity contribution is 6.20. The highest BCUT2D eigenvalue weighted by atomic mass is 16.5. The van der Waals surface area contributed by atoms with Crippen molar-refractivity contribution in [1.82, 2.24) is 0 Å². The summed E-state index contributed by atoms with van der Waals surface area (Å²) in [5, 5.41) is 12.5. The number of carbonyl (C=O) groups is 2. The molecule has 3 aromatic carbocycles. The molecule has 0 radical (unpaired) electrons. The van der Waals surface area contributed by atoms with Crippen molar-refractivity contribution in [2.45, 2.75) is 32.6 Å². The number of hydrogen-bond donors (Lipinski definition) is 0. The lowest BCUT2D eigenvalue weighted by Crippen LogP contribution is -2.40. The predicted octanol–water partition coefficient (Wildman–Crippen LogP) is 5.64. The molecule has 2 aliphatic heterocycles. The predicted molar refractivity (Wildman–Crippen MR) is 146 cm³/mol. The molecular formula is C30H30N4O3. The van der Waals surface area contributed by atoms with E-state index < -0.39 is 17.8 Å². The molecule has 0 aliphatic carbocycles. The van der Waals surface area contributed by atoms with Gasteiger partial charge in [0.1, 0.15) is 5.75 Å². The lowest BCUT2D eigenvalue weighted by atomic mass is 9.71. The molecule has 37 heavy (non-hydrogen) atoms. The normalized spacial score (nSPS) is 20.2. The standard InChI is InChI=1S/C30H30N4O3/c1-4-24-27(29(35)33(31-24)21-14-8-6-9-15-21)26(20-13-12-18-23(19-20)37-3)28-25(5-2)32-34(30(28)36)22-16-10-7-11-17-22/h6-19,26-28H,4-5H2,1-3H3. The Hall–Kier alpha value is -4.26. The van der Waals surface area contributed by atoms with Crippen molar-refractivity contribution in [3.63, 3.8) is 0 Å². The summed E-state index contributed by atoms with van der Waals surface area (Å²) in [5.41, 5.74) is 3.77. The van der Waals surface area contributed by atoms with Gasteiger partial charge in [-0.1, -0.05) is 62.4 Å². The minimum atomic E-state index is -0.612. The second kappa shape index (κ2) is 10.4. The highest BCUT2D eigenvalue weighted by Gasteiger charge is 2.51. The first kappa shape index (κ1) is 24.4. The molecule has 2 atom stereocenters. The Balaban J connectivity index is 1.63. The van der Waals surface area contributed by atoms with Crippen molar-refractivity contribution in [1.29, 1.82) is 0 Å². The van der Waals surface area contributed by atoms with Crippen LogP contribution in [0.15, 0.2) is 95.1 Å². The number of carbonyl (C=O) groups excluding carboxylic acids is 2. The Kier molecular flexibility index (Phi) is 6.86. The average molecular weight is 495 g/mol. The molecule has 5 rings (SSSR count). The van der Waals surface area contributed by atoms with E-state index in [-0.39, 0.29) is 11.8 Å². The molecule has 7 heteroatoms. The van der Waals surface area contributed by atoms with Gasteiger partial charge in [0.05, 0.1) is 41.7 Å². The molecule has 7 nitrogen and oxygen atoms in total. The first-order valence-corrected chi connectivity index (χ1v) is 12.6. The van der Waals surface area contributed by atoms with Crippen LogP contribution in [0, 0.1) is 11.8 Å². The number of benzene rings is 3. The van der Waals surface area contributed by atoms with Crippen LogP contribution in [0.4, 0.5) is 11.4 Å². The van der Waals surface area contributed by atoms with Gasteiger partial charge in [-0.3, -0.25) is 9.59 Å². The zero-order chi connectivity index (χ0) is 25.9. The zero-order valence-electron chi connectivity index (χ0n) is 21.2. The molecule has 0 fully saturated rings. The Morgan fingerprint density at radius 1 is 0.730 bits per heavy atom. The summed E-state index contributed by atoms with van der Waals surface area (Å²) in [6.45, 7) is 4.00. The number of ether oxygens (including phenoxy) is 1. The Bertz CT molecular complexity index is 1270. The van der Waals surface area contributed by atoms with Crippen LogP contribution in [-0.4, -0.2) is 30.3 Å². The molecule has 2 aliphatic rings. The highest BCUT2D eigenvalue weighted by Crippen LogP contribution is 2.44. The van der Waals surface area contributed by atoms with Gasteiger partial charge in [0.15, 0.2) is 0 Å². The van der Waals surface area contributed by atoms with E-state index in [2.05, 4.69) is 0 Å². The maximum atomic E-state index is 14.1. The van der Waals surface area contributed by atoms with Gasteiger partial charge >= 0.3 is 0 Å². The van der Waals surface area contributed by atoms with Crippen LogP contribution in [0.25, 0.3) is 0 Å². The van der Waals surface area contributed by atoms with Crippen LogP contribution >= 0.6 is 0 Å². The van der Waals surface area contributed by atoms with Crippen LogP contribution in [0.2, 0.25) is 0 Å². The van der Waals surface area contributed by atoms with E-state index in [0.717, 1.165) is 17.0 Å². The summed E-state index contributed by atoms with van der Waals surface area (Å²) >= 11 is 0. The van der Waals surface area contributed by atoms with E-state index in [0.29, 0.717) is 30.0 Å². The van der Waals surface area contributed by atoms with E-state index >= 15 is 0 Å². The smallest absolute Gasteiger partial charge is 0.256 e. The molecule has 0 aromatic heterocycles. The first-order valence-electron chi connectivity index (χ1n) is 12.6. The second-order valence-corrected chi connectivity index (χ2v) is 9.12. The Morgan fingerprint density at radius 3 is 1.65 bits per heavy atom. The van der Waals surface area contributed by atoms with E-state index in [9.17, 15) is 9.59 Å². The number of hydrogen-bond acceptors (Lipinski definition) is 5. The number of amides is 2. The van der Waals surface area contributed by atoms with Gasteiger partial charge in [0.25, 0.3) is 11.8 Å². The fraction of sp³-hybridized carbons (Fsp3) is 0.267. The van der Waals surface area contributed by atoms with Crippen LogP contribution in [0.3, 0.4) is 0 Å². The van der Waals surface area contributed by atoms with Gasteiger partial charge in [-0.25, -0.2) is 10.0 Å². The molecule has 2 unspecified atom stereocenters. The Labute approximate surface area is 217 Å². The van der Waals surface area contributed by atoms with Crippen LogP contribution in [0.1, 0.15) is 38.2 Å². The number of methoxy groups -OCH3 is 1. The van der Waals surface area contributed by atoms with Gasteiger partial charge in [0, 0.05) is 5.92 Å². The van der Waals surface area contributed by atoms with Crippen molar-refractivity contribution in [3.8, 4) is 5.75 Å². The number of hydrazone groups is 2. The first-order chi connectivity index (χ1) is 18.1. The lowest BCUT2D eigenvalue weighted by Gasteiger charge is -2.29. The fourth-order valence-electron chi connectivity index (χ4n) is 5.27. The summed E-state index contributed by atoms with van der Waals surface area (Å²) in [7, 11) is 1.61. The molecular weight excluding hydrogens is 464 g/mol. The maximum Gasteiger partial charge on any atom is 0.256 e. The summed E-state index contributed by atoms with van der Waals surface area (Å²) < 4.78 is 5.52. The molecule has 0 bridgehead atoms. The second-order valence-electron chi connectivity index (χ2n) is 9.12. The van der Waals surface area contributed by atoms with Crippen molar-refractivity contribution >= 4 is 34.6 Å². The van der Waals surface area contributed by atoms with Gasteiger partial charge in [-0.15, -0.1) is 0 Å². The largest absolute Gasteiger partial charge is 0.497 e. The maximum absolute atomic E-state index is 14.1. The number of anilines is 2. The summed E-state index contributed by atoms with van der Waals surface area (Å²) in [6, 6.07) is 26.5. The number of nitrogens with zero attached hydrogens (tertiary/aromatic N) is 4. The lowest BCUT2D eigenvalue weighted by molar-refractivity contribution is -0.122. The monoisotopic (exact) mass is 494 g/mol. The van der Waals surface area contributed by atoms with Crippen molar-refractivity contribution in [2.24, 2.45) is 22.0 Å². The van der Waals surface area contributed by atoms with Crippen LogP contribution in [0.5, 0.6) is 5.75 Å². The average Bonchev–Trinajstić information content (AvgIpc) is 3.46. The van der Waals surface area contributed by atoms with E-state index in [1.807, 2.05) is 98.8 Å². The summed E-state index contributed by atoms with van der Waals surface area (Å²) in [6.07, 6.45) is 1.17. The van der Waals surface area contributed by atoms with E-state index in [1.54, 1.807) is 7.11 Å². The third kappa shape index (κ3) is 4.42. The molecule has 0 spiro atoms.